The van der Waals surface area contributed by atoms with E-state index < -0.39 is 17.0 Å². The maximum absolute atomic E-state index is 13.0. The molecule has 2 aromatic heterocycles. The highest BCUT2D eigenvalue weighted by Gasteiger charge is 2.28. The van der Waals surface area contributed by atoms with Gasteiger partial charge in [0.1, 0.15) is 17.0 Å². The number of anilines is 2. The van der Waals surface area contributed by atoms with Crippen LogP contribution in [0.25, 0.3) is 0 Å². The van der Waals surface area contributed by atoms with E-state index in [4.69, 9.17) is 19.0 Å². The smallest absolute Gasteiger partial charge is 0.410 e. The minimum absolute atomic E-state index is 0. The SMILES string of the molecule is C.C1CCOC1.CC(C)(C)OC(=O)N1CCN(c2ncc(C(=O)c3ccc(F)cc3)cn2)CC1.CON(C)C(=O)c1cnc(N2CCN(C(=O)OC(C)(C)C)CC2)nc1. The number of hydrogen-bond donors (Lipinski definition) is 0. The lowest BCUT2D eigenvalue weighted by Gasteiger charge is -2.35. The predicted octanol–water partition coefficient (Wildman–Crippen LogP) is 5.50. The van der Waals surface area contributed by atoms with Gasteiger partial charge < -0.3 is 33.8 Å². The maximum atomic E-state index is 13.0. The quantitative estimate of drug-likeness (QED) is 0.225. The van der Waals surface area contributed by atoms with Crippen molar-refractivity contribution in [1.29, 1.82) is 0 Å². The maximum Gasteiger partial charge on any atom is 0.410 e. The Morgan fingerprint density at radius 2 is 1.03 bits per heavy atom. The van der Waals surface area contributed by atoms with Crippen LogP contribution in [0.2, 0.25) is 0 Å². The minimum Gasteiger partial charge on any atom is -0.444 e. The van der Waals surface area contributed by atoms with Gasteiger partial charge in [0.25, 0.3) is 5.91 Å². The molecule has 3 aliphatic rings. The topological polar surface area (TPSA) is 173 Å². The van der Waals surface area contributed by atoms with E-state index >= 15 is 0 Å². The van der Waals surface area contributed by atoms with Gasteiger partial charge in [-0.25, -0.2) is 39.0 Å². The summed E-state index contributed by atoms with van der Waals surface area (Å²) in [7, 11) is 2.93. The van der Waals surface area contributed by atoms with Crippen LogP contribution >= 0.6 is 0 Å². The second-order valence-electron chi connectivity index (χ2n) is 15.6. The first-order valence-electron chi connectivity index (χ1n) is 19.2. The van der Waals surface area contributed by atoms with Crippen LogP contribution in [0.15, 0.2) is 49.1 Å². The molecule has 0 radical (unpaired) electrons. The third-order valence-corrected chi connectivity index (χ3v) is 8.71. The van der Waals surface area contributed by atoms with E-state index in [0.717, 1.165) is 18.3 Å². The zero-order chi connectivity index (χ0) is 42.5. The molecule has 59 heavy (non-hydrogen) atoms. The summed E-state index contributed by atoms with van der Waals surface area (Å²) < 4.78 is 28.7. The number of rotatable bonds is 6. The third-order valence-electron chi connectivity index (χ3n) is 8.71. The number of hydrogen-bond acceptors (Lipinski definition) is 14. The molecule has 0 unspecified atom stereocenters. The first kappa shape index (κ1) is 47.9. The van der Waals surface area contributed by atoms with E-state index in [9.17, 15) is 23.6 Å². The standard InChI is InChI=1S/C20H23FN4O3.C16H25N5O4.C4H8O.CH4/c1-20(2,3)28-19(27)25-10-8-24(9-11-25)18-22-12-15(13-23-18)17(26)14-4-6-16(21)7-5-14;1-16(2,3)25-15(23)21-8-6-20(7-9-21)14-17-10-12(11-18-14)13(22)19(4)24-5;1-2-4-5-3-1;/h4-7,12-13H,8-11H2,1-3H3;10-11H,6-9H2,1-5H3;1-4H2;1H4. The van der Waals surface area contributed by atoms with Crippen molar-refractivity contribution in [2.45, 2.75) is 73.0 Å². The first-order valence-corrected chi connectivity index (χ1v) is 19.2. The van der Waals surface area contributed by atoms with Crippen molar-refractivity contribution in [2.24, 2.45) is 0 Å². The Kier molecular flexibility index (Phi) is 17.9. The average molecular weight is 826 g/mol. The van der Waals surface area contributed by atoms with Crippen LogP contribution in [0.5, 0.6) is 0 Å². The molecule has 18 heteroatoms. The molecular formula is C41H60FN9O8. The predicted molar refractivity (Wildman–Crippen MR) is 220 cm³/mol. The average Bonchev–Trinajstić information content (AvgIpc) is 3.80. The van der Waals surface area contributed by atoms with E-state index in [-0.39, 0.29) is 31.3 Å². The number of nitrogens with zero attached hydrogens (tertiary/aromatic N) is 9. The summed E-state index contributed by atoms with van der Waals surface area (Å²) in [6.07, 6.45) is 7.80. The van der Waals surface area contributed by atoms with E-state index in [1.54, 1.807) is 9.80 Å². The van der Waals surface area contributed by atoms with Gasteiger partial charge in [-0.3, -0.25) is 14.4 Å². The molecule has 1 aromatic carbocycles. The number of hydroxylamine groups is 2. The van der Waals surface area contributed by atoms with Crippen molar-refractivity contribution in [2.75, 3.05) is 89.5 Å². The van der Waals surface area contributed by atoms with Crippen LogP contribution in [-0.2, 0) is 19.0 Å². The number of aromatic nitrogens is 4. The van der Waals surface area contributed by atoms with Gasteiger partial charge in [0.2, 0.25) is 11.9 Å². The summed E-state index contributed by atoms with van der Waals surface area (Å²) in [6, 6.07) is 5.35. The van der Waals surface area contributed by atoms with Gasteiger partial charge in [-0.05, 0) is 78.6 Å². The van der Waals surface area contributed by atoms with Crippen LogP contribution in [0.4, 0.5) is 25.9 Å². The summed E-state index contributed by atoms with van der Waals surface area (Å²) in [5, 5.41) is 1.11. The molecule has 0 saturated carbocycles. The van der Waals surface area contributed by atoms with Crippen LogP contribution in [0.1, 0.15) is 88.1 Å². The molecule has 0 atom stereocenters. The van der Waals surface area contributed by atoms with Gasteiger partial charge in [0, 0.05) is 103 Å². The van der Waals surface area contributed by atoms with E-state index in [1.165, 1.54) is 76.1 Å². The van der Waals surface area contributed by atoms with Crippen molar-refractivity contribution in [3.63, 3.8) is 0 Å². The van der Waals surface area contributed by atoms with E-state index in [2.05, 4.69) is 19.9 Å². The Balaban J connectivity index is 0.000000278. The van der Waals surface area contributed by atoms with Crippen molar-refractivity contribution >= 4 is 35.8 Å². The normalized spacial score (nSPS) is 15.4. The lowest BCUT2D eigenvalue weighted by Crippen LogP contribution is -2.50. The largest absolute Gasteiger partial charge is 0.444 e. The number of halogens is 1. The molecule has 6 rings (SSSR count). The van der Waals surface area contributed by atoms with E-state index in [0.29, 0.717) is 80.9 Å². The first-order chi connectivity index (χ1) is 27.4. The molecule has 3 saturated heterocycles. The van der Waals surface area contributed by atoms with Crippen molar-refractivity contribution in [1.82, 2.24) is 34.8 Å². The number of carbonyl (C=O) groups is 4. The third kappa shape index (κ3) is 15.3. The Morgan fingerprint density at radius 1 is 0.644 bits per heavy atom. The van der Waals surface area contributed by atoms with Crippen LogP contribution in [0, 0.1) is 5.82 Å². The molecule has 3 fully saturated rings. The molecule has 3 aromatic rings. The molecule has 0 spiro atoms. The fourth-order valence-electron chi connectivity index (χ4n) is 5.57. The molecule has 3 aliphatic heterocycles. The van der Waals surface area contributed by atoms with Crippen LogP contribution in [0.3, 0.4) is 0 Å². The van der Waals surface area contributed by atoms with Gasteiger partial charge >= 0.3 is 12.2 Å². The second-order valence-corrected chi connectivity index (χ2v) is 15.6. The summed E-state index contributed by atoms with van der Waals surface area (Å²) in [5.74, 6) is 0.0544. The fourth-order valence-corrected chi connectivity index (χ4v) is 5.57. The number of ether oxygens (including phenoxy) is 3. The van der Waals surface area contributed by atoms with Gasteiger partial charge in [0.05, 0.1) is 18.2 Å². The summed E-state index contributed by atoms with van der Waals surface area (Å²) in [6.45, 7) is 17.5. The van der Waals surface area contributed by atoms with Crippen molar-refractivity contribution < 1.29 is 42.6 Å². The molecule has 324 valence electrons. The van der Waals surface area contributed by atoms with Gasteiger partial charge in [0.15, 0.2) is 5.78 Å². The number of amides is 3. The molecule has 0 aliphatic carbocycles. The number of carbonyl (C=O) groups excluding carboxylic acids is 4. The number of benzene rings is 1. The molecular weight excluding hydrogens is 766 g/mol. The Labute approximate surface area is 346 Å². The second kappa shape index (κ2) is 22.0. The molecule has 0 bridgehead atoms. The minimum atomic E-state index is -0.524. The van der Waals surface area contributed by atoms with Gasteiger partial charge in [-0.2, -0.15) is 0 Å². The van der Waals surface area contributed by atoms with Gasteiger partial charge in [-0.1, -0.05) is 7.43 Å². The lowest BCUT2D eigenvalue weighted by molar-refractivity contribution is -0.0757. The lowest BCUT2D eigenvalue weighted by atomic mass is 10.1. The van der Waals surface area contributed by atoms with Crippen LogP contribution in [-0.4, -0.2) is 150 Å². The van der Waals surface area contributed by atoms with Gasteiger partial charge in [-0.15, -0.1) is 0 Å². The summed E-state index contributed by atoms with van der Waals surface area (Å²) >= 11 is 0. The number of ketones is 1. The highest BCUT2D eigenvalue weighted by molar-refractivity contribution is 6.08. The Hall–Kier alpha value is -5.49. The highest BCUT2D eigenvalue weighted by atomic mass is 19.1. The summed E-state index contributed by atoms with van der Waals surface area (Å²) in [4.78, 5) is 77.7. The summed E-state index contributed by atoms with van der Waals surface area (Å²) in [5.41, 5.74) is 0.0335. The van der Waals surface area contributed by atoms with Crippen molar-refractivity contribution in [3.05, 3.63) is 71.6 Å². The molecule has 3 amide bonds. The zero-order valence-corrected chi connectivity index (χ0v) is 34.8. The van der Waals surface area contributed by atoms with Crippen molar-refractivity contribution in [3.8, 4) is 0 Å². The van der Waals surface area contributed by atoms with Crippen LogP contribution < -0.4 is 9.80 Å². The molecule has 5 heterocycles. The fraction of sp³-hybridized carbons (Fsp3) is 0.561. The number of piperazine rings is 2. The highest BCUT2D eigenvalue weighted by Crippen LogP contribution is 2.18. The van der Waals surface area contributed by atoms with E-state index in [1.807, 2.05) is 51.3 Å². The Bertz CT molecular complexity index is 1780. The Morgan fingerprint density at radius 3 is 1.37 bits per heavy atom. The molecule has 0 N–H and O–H groups in total. The zero-order valence-electron chi connectivity index (χ0n) is 34.8. The monoisotopic (exact) mass is 825 g/mol. The molecule has 17 nitrogen and oxygen atoms in total.